The molecule has 1 aromatic heterocycles. The zero-order valence-electron chi connectivity index (χ0n) is 18.0. The zero-order valence-corrected chi connectivity index (χ0v) is 18.0. The van der Waals surface area contributed by atoms with E-state index >= 15 is 0 Å². The maximum Gasteiger partial charge on any atom is 0.417 e. The van der Waals surface area contributed by atoms with Crippen molar-refractivity contribution in [1.82, 2.24) is 14.8 Å². The number of carbonyl (C=O) groups is 2. The van der Waals surface area contributed by atoms with Crippen LogP contribution in [-0.2, 0) is 6.18 Å². The number of aromatic nitrogens is 1. The molecule has 1 aliphatic heterocycles. The molecule has 2 heterocycles. The van der Waals surface area contributed by atoms with Crippen molar-refractivity contribution >= 4 is 11.8 Å². The molecule has 8 heteroatoms. The van der Waals surface area contributed by atoms with Gasteiger partial charge in [0.2, 0.25) is 0 Å². The second-order valence-corrected chi connectivity index (χ2v) is 7.82. The highest BCUT2D eigenvalue weighted by Crippen LogP contribution is 2.32. The molecule has 0 bridgehead atoms. The van der Waals surface area contributed by atoms with E-state index in [0.29, 0.717) is 11.3 Å². The Morgan fingerprint density at radius 1 is 0.758 bits per heavy atom. The van der Waals surface area contributed by atoms with Crippen molar-refractivity contribution in [3.05, 3.63) is 89.1 Å². The first-order valence-electron chi connectivity index (χ1n) is 10.5. The average Bonchev–Trinajstić information content (AvgIpc) is 2.83. The number of piperazine rings is 1. The van der Waals surface area contributed by atoms with Crippen molar-refractivity contribution in [3.63, 3.8) is 0 Å². The maximum absolute atomic E-state index is 13.3. The first-order valence-corrected chi connectivity index (χ1v) is 10.5. The van der Waals surface area contributed by atoms with Crippen LogP contribution in [0.15, 0.2) is 66.7 Å². The minimum absolute atomic E-state index is 0.158. The third-order valence-electron chi connectivity index (χ3n) is 5.70. The number of rotatable bonds is 3. The fraction of sp³-hybridized carbons (Fsp3) is 0.240. The van der Waals surface area contributed by atoms with Crippen LogP contribution in [0.3, 0.4) is 0 Å². The van der Waals surface area contributed by atoms with Crippen LogP contribution in [0.1, 0.15) is 32.0 Å². The molecule has 1 fully saturated rings. The molecule has 0 N–H and O–H groups in total. The zero-order chi connectivity index (χ0) is 23.6. The van der Waals surface area contributed by atoms with Crippen LogP contribution in [0.2, 0.25) is 0 Å². The van der Waals surface area contributed by atoms with Crippen LogP contribution in [0, 0.1) is 6.92 Å². The second kappa shape index (κ2) is 9.05. The summed E-state index contributed by atoms with van der Waals surface area (Å²) < 4.78 is 39.8. The number of hydrogen-bond donors (Lipinski definition) is 0. The van der Waals surface area contributed by atoms with Gasteiger partial charge in [0, 0.05) is 31.7 Å². The van der Waals surface area contributed by atoms with Gasteiger partial charge in [-0.2, -0.15) is 13.2 Å². The fourth-order valence-electron chi connectivity index (χ4n) is 3.93. The molecule has 2 amide bonds. The van der Waals surface area contributed by atoms with Crippen LogP contribution in [0.5, 0.6) is 0 Å². The monoisotopic (exact) mass is 453 g/mol. The first-order chi connectivity index (χ1) is 15.8. The summed E-state index contributed by atoms with van der Waals surface area (Å²) in [5.74, 6) is -0.887. The molecule has 170 valence electrons. The summed E-state index contributed by atoms with van der Waals surface area (Å²) in [6, 6.07) is 17.9. The number of nitrogens with zero attached hydrogens (tertiary/aromatic N) is 3. The SMILES string of the molecule is Cc1nc(-c2ccccc2)ccc1C(=O)N1CCN(C(=O)c2ccccc2C(F)(F)F)CC1. The lowest BCUT2D eigenvalue weighted by molar-refractivity contribution is -0.138. The van der Waals surface area contributed by atoms with E-state index in [1.54, 1.807) is 24.0 Å². The normalized spacial score (nSPS) is 14.3. The molecular formula is C25H22F3N3O2. The van der Waals surface area contributed by atoms with Crippen molar-refractivity contribution in [3.8, 4) is 11.3 Å². The topological polar surface area (TPSA) is 53.5 Å². The van der Waals surface area contributed by atoms with Gasteiger partial charge in [0.15, 0.2) is 0 Å². The van der Waals surface area contributed by atoms with Crippen molar-refractivity contribution in [2.45, 2.75) is 13.1 Å². The van der Waals surface area contributed by atoms with Gasteiger partial charge >= 0.3 is 6.18 Å². The Kier molecular flexibility index (Phi) is 6.18. The molecule has 0 spiro atoms. The van der Waals surface area contributed by atoms with Crippen LogP contribution < -0.4 is 0 Å². The summed E-state index contributed by atoms with van der Waals surface area (Å²) in [5.41, 5.74) is 1.46. The smallest absolute Gasteiger partial charge is 0.335 e. The Bertz CT molecular complexity index is 1170. The van der Waals surface area contributed by atoms with Gasteiger partial charge in [0.1, 0.15) is 0 Å². The van der Waals surface area contributed by atoms with Gasteiger partial charge in [-0.25, -0.2) is 0 Å². The number of alkyl halides is 3. The Morgan fingerprint density at radius 2 is 1.30 bits per heavy atom. The molecule has 0 aliphatic carbocycles. The van der Waals surface area contributed by atoms with Gasteiger partial charge < -0.3 is 9.80 Å². The van der Waals surface area contributed by atoms with Crippen LogP contribution >= 0.6 is 0 Å². The highest BCUT2D eigenvalue weighted by molar-refractivity contribution is 5.97. The molecule has 2 aromatic carbocycles. The van der Waals surface area contributed by atoms with Crippen molar-refractivity contribution in [2.24, 2.45) is 0 Å². The summed E-state index contributed by atoms with van der Waals surface area (Å²) in [6.07, 6.45) is -4.61. The molecule has 5 nitrogen and oxygen atoms in total. The number of benzene rings is 2. The van der Waals surface area contributed by atoms with E-state index in [1.807, 2.05) is 30.3 Å². The lowest BCUT2D eigenvalue weighted by Crippen LogP contribution is -2.51. The van der Waals surface area contributed by atoms with E-state index in [2.05, 4.69) is 4.98 Å². The largest absolute Gasteiger partial charge is 0.417 e. The number of halogens is 3. The quantitative estimate of drug-likeness (QED) is 0.579. The minimum atomic E-state index is -4.61. The Labute approximate surface area is 189 Å². The van der Waals surface area contributed by atoms with E-state index in [1.165, 1.54) is 23.1 Å². The van der Waals surface area contributed by atoms with E-state index in [4.69, 9.17) is 0 Å². The maximum atomic E-state index is 13.3. The second-order valence-electron chi connectivity index (χ2n) is 7.82. The predicted molar refractivity (Wildman–Crippen MR) is 118 cm³/mol. The van der Waals surface area contributed by atoms with Gasteiger partial charge in [-0.15, -0.1) is 0 Å². The van der Waals surface area contributed by atoms with Gasteiger partial charge in [-0.05, 0) is 31.2 Å². The van der Waals surface area contributed by atoms with Crippen LogP contribution in [0.4, 0.5) is 13.2 Å². The number of amides is 2. The van der Waals surface area contributed by atoms with E-state index in [-0.39, 0.29) is 37.6 Å². The first kappa shape index (κ1) is 22.5. The summed E-state index contributed by atoms with van der Waals surface area (Å²) in [5, 5.41) is 0. The summed E-state index contributed by atoms with van der Waals surface area (Å²) in [6.45, 7) is 2.56. The lowest BCUT2D eigenvalue weighted by Gasteiger charge is -2.35. The Hall–Kier alpha value is -3.68. The fourth-order valence-corrected chi connectivity index (χ4v) is 3.93. The van der Waals surface area contributed by atoms with Crippen molar-refractivity contribution < 1.29 is 22.8 Å². The standard InChI is InChI=1S/C25H22F3N3O2/c1-17-19(11-12-22(29-17)18-7-3-2-4-8-18)23(32)30-13-15-31(16-14-30)24(33)20-9-5-6-10-21(20)25(26,27)28/h2-12H,13-16H2,1H3. The molecule has 1 saturated heterocycles. The molecular weight excluding hydrogens is 431 g/mol. The number of pyridine rings is 1. The average molecular weight is 453 g/mol. The molecule has 0 saturated carbocycles. The summed E-state index contributed by atoms with van der Waals surface area (Å²) in [4.78, 5) is 33.3. The number of hydrogen-bond acceptors (Lipinski definition) is 3. The number of carbonyl (C=O) groups excluding carboxylic acids is 2. The molecule has 0 unspecified atom stereocenters. The molecule has 3 aromatic rings. The Morgan fingerprint density at radius 3 is 1.88 bits per heavy atom. The van der Waals surface area contributed by atoms with Crippen LogP contribution in [0.25, 0.3) is 11.3 Å². The highest BCUT2D eigenvalue weighted by Gasteiger charge is 2.36. The van der Waals surface area contributed by atoms with Gasteiger partial charge in [0.05, 0.1) is 28.1 Å². The third-order valence-corrected chi connectivity index (χ3v) is 5.70. The molecule has 4 rings (SSSR count). The number of aryl methyl sites for hydroxylation is 1. The lowest BCUT2D eigenvalue weighted by atomic mass is 10.1. The van der Waals surface area contributed by atoms with Gasteiger partial charge in [-0.1, -0.05) is 42.5 Å². The summed E-state index contributed by atoms with van der Waals surface area (Å²) in [7, 11) is 0. The molecule has 0 radical (unpaired) electrons. The Balaban J connectivity index is 1.44. The van der Waals surface area contributed by atoms with E-state index < -0.39 is 17.6 Å². The molecule has 1 aliphatic rings. The predicted octanol–water partition coefficient (Wildman–Crippen LogP) is 4.67. The van der Waals surface area contributed by atoms with Crippen molar-refractivity contribution in [2.75, 3.05) is 26.2 Å². The molecule has 33 heavy (non-hydrogen) atoms. The van der Waals surface area contributed by atoms with Gasteiger partial charge in [-0.3, -0.25) is 14.6 Å². The van der Waals surface area contributed by atoms with E-state index in [0.717, 1.165) is 17.3 Å². The minimum Gasteiger partial charge on any atom is -0.335 e. The van der Waals surface area contributed by atoms with E-state index in [9.17, 15) is 22.8 Å². The molecule has 0 atom stereocenters. The summed E-state index contributed by atoms with van der Waals surface area (Å²) >= 11 is 0. The van der Waals surface area contributed by atoms with Gasteiger partial charge in [0.25, 0.3) is 11.8 Å². The highest BCUT2D eigenvalue weighted by atomic mass is 19.4. The third kappa shape index (κ3) is 4.74. The van der Waals surface area contributed by atoms with Crippen molar-refractivity contribution in [1.29, 1.82) is 0 Å². The van der Waals surface area contributed by atoms with Crippen LogP contribution in [-0.4, -0.2) is 52.8 Å².